The fourth-order valence-corrected chi connectivity index (χ4v) is 3.18. The summed E-state index contributed by atoms with van der Waals surface area (Å²) in [6.45, 7) is 2.08. The lowest BCUT2D eigenvalue weighted by Crippen LogP contribution is -2.28. The third-order valence-electron chi connectivity index (χ3n) is 2.84. The predicted molar refractivity (Wildman–Crippen MR) is 92.5 cm³/mol. The number of nitrogens with zero attached hydrogens (tertiary/aromatic N) is 2. The van der Waals surface area contributed by atoms with E-state index < -0.39 is 27.4 Å². The SMILES string of the molecule is CCNC(=O)Nc1nc2cc(OS(=O)(=O)C(F)(F)F)cc(/C=N/OC)c2s1. The fourth-order valence-electron chi connectivity index (χ4n) is 1.81. The molecule has 2 N–H and O–H groups in total. The van der Waals surface area contributed by atoms with Crippen LogP contribution >= 0.6 is 11.3 Å². The maximum Gasteiger partial charge on any atom is 0.534 e. The third kappa shape index (κ3) is 4.97. The van der Waals surface area contributed by atoms with Gasteiger partial charge in [0.15, 0.2) is 5.13 Å². The van der Waals surface area contributed by atoms with E-state index in [2.05, 4.69) is 29.8 Å². The first-order valence-corrected chi connectivity index (χ1v) is 9.36. The minimum atomic E-state index is -5.86. The number of fused-ring (bicyclic) bond motifs is 1. The molecule has 0 saturated heterocycles. The summed E-state index contributed by atoms with van der Waals surface area (Å²) in [4.78, 5) is 20.2. The Balaban J connectivity index is 2.48. The van der Waals surface area contributed by atoms with E-state index in [0.717, 1.165) is 29.7 Å². The molecule has 2 rings (SSSR count). The van der Waals surface area contributed by atoms with Crippen molar-refractivity contribution in [3.63, 3.8) is 0 Å². The van der Waals surface area contributed by atoms with Gasteiger partial charge in [-0.1, -0.05) is 16.5 Å². The highest BCUT2D eigenvalue weighted by Crippen LogP contribution is 2.34. The second-order valence-corrected chi connectivity index (χ2v) is 7.30. The molecule has 0 spiro atoms. The fraction of sp³-hybridized carbons (Fsp3) is 0.308. The van der Waals surface area contributed by atoms with Crippen LogP contribution in [0, 0.1) is 0 Å². The minimum absolute atomic E-state index is 0.0965. The van der Waals surface area contributed by atoms with E-state index in [1.807, 2.05) is 0 Å². The van der Waals surface area contributed by atoms with Crippen molar-refractivity contribution in [2.45, 2.75) is 12.4 Å². The number of anilines is 1. The first-order chi connectivity index (χ1) is 12.6. The number of halogens is 3. The minimum Gasteiger partial charge on any atom is -0.399 e. The molecule has 14 heteroatoms. The van der Waals surface area contributed by atoms with Crippen LogP contribution in [0.5, 0.6) is 5.75 Å². The third-order valence-corrected chi connectivity index (χ3v) is 4.85. The van der Waals surface area contributed by atoms with E-state index in [9.17, 15) is 26.4 Å². The number of nitrogens with one attached hydrogen (secondary N) is 2. The molecule has 0 bridgehead atoms. The van der Waals surface area contributed by atoms with E-state index in [1.165, 1.54) is 7.11 Å². The smallest absolute Gasteiger partial charge is 0.399 e. The second kappa shape index (κ2) is 7.96. The van der Waals surface area contributed by atoms with Crippen LogP contribution in [-0.2, 0) is 15.0 Å². The number of urea groups is 1. The van der Waals surface area contributed by atoms with Gasteiger partial charge in [-0.15, -0.1) is 0 Å². The zero-order chi connectivity index (χ0) is 20.2. The van der Waals surface area contributed by atoms with Crippen molar-refractivity contribution in [3.05, 3.63) is 17.7 Å². The van der Waals surface area contributed by atoms with Crippen LogP contribution in [0.2, 0.25) is 0 Å². The van der Waals surface area contributed by atoms with Crippen LogP contribution in [0.15, 0.2) is 17.3 Å². The number of rotatable bonds is 6. The molecule has 0 aliphatic heterocycles. The molecule has 0 saturated carbocycles. The van der Waals surface area contributed by atoms with Crippen molar-refractivity contribution in [1.82, 2.24) is 10.3 Å². The molecule has 2 amide bonds. The Hall–Kier alpha value is -2.61. The number of carbonyl (C=O) groups is 1. The summed E-state index contributed by atoms with van der Waals surface area (Å²) in [5, 5.41) is 8.58. The van der Waals surface area contributed by atoms with Gasteiger partial charge in [0.2, 0.25) is 0 Å². The van der Waals surface area contributed by atoms with Crippen molar-refractivity contribution in [3.8, 4) is 5.75 Å². The van der Waals surface area contributed by atoms with Crippen LogP contribution < -0.4 is 14.8 Å². The summed E-state index contributed by atoms with van der Waals surface area (Å²) in [5.74, 6) is -0.618. The second-order valence-electron chi connectivity index (χ2n) is 4.76. The lowest BCUT2D eigenvalue weighted by molar-refractivity contribution is -0.0500. The normalized spacial score (nSPS) is 12.3. The number of oxime groups is 1. The number of hydrogen-bond acceptors (Lipinski definition) is 8. The summed E-state index contributed by atoms with van der Waals surface area (Å²) < 4.78 is 64.6. The van der Waals surface area contributed by atoms with Crippen LogP contribution in [0.25, 0.3) is 10.2 Å². The molecule has 0 fully saturated rings. The quantitative estimate of drug-likeness (QED) is 0.317. The van der Waals surface area contributed by atoms with Gasteiger partial charge < -0.3 is 14.3 Å². The van der Waals surface area contributed by atoms with Gasteiger partial charge in [-0.05, 0) is 13.0 Å². The van der Waals surface area contributed by atoms with Crippen LogP contribution in [0.1, 0.15) is 12.5 Å². The molecular formula is C13H13F3N4O5S2. The number of benzene rings is 1. The van der Waals surface area contributed by atoms with E-state index in [-0.39, 0.29) is 16.2 Å². The molecule has 2 aromatic rings. The Morgan fingerprint density at radius 3 is 2.70 bits per heavy atom. The highest BCUT2D eigenvalue weighted by atomic mass is 32.2. The first kappa shape index (κ1) is 20.7. The maximum atomic E-state index is 12.5. The largest absolute Gasteiger partial charge is 0.534 e. The topological polar surface area (TPSA) is 119 Å². The van der Waals surface area contributed by atoms with Gasteiger partial charge >= 0.3 is 21.7 Å². The molecule has 0 unspecified atom stereocenters. The average Bonchev–Trinajstić information content (AvgIpc) is 2.93. The molecule has 9 nitrogen and oxygen atoms in total. The summed E-state index contributed by atoms with van der Waals surface area (Å²) in [6, 6.07) is 1.50. The first-order valence-electron chi connectivity index (χ1n) is 7.14. The van der Waals surface area contributed by atoms with Crippen LogP contribution in [0.3, 0.4) is 0 Å². The molecule has 0 aliphatic carbocycles. The number of carbonyl (C=O) groups excluding carboxylic acids is 1. The number of hydrogen-bond donors (Lipinski definition) is 2. The van der Waals surface area contributed by atoms with E-state index >= 15 is 0 Å². The highest BCUT2D eigenvalue weighted by molar-refractivity contribution is 7.88. The molecule has 0 radical (unpaired) electrons. The molecule has 1 heterocycles. The Kier molecular flexibility index (Phi) is 6.10. The van der Waals surface area contributed by atoms with E-state index in [4.69, 9.17) is 0 Å². The zero-order valence-electron chi connectivity index (χ0n) is 13.8. The zero-order valence-corrected chi connectivity index (χ0v) is 15.5. The summed E-state index contributed by atoms with van der Waals surface area (Å²) in [6.07, 6.45) is 1.14. The average molecular weight is 426 g/mol. The monoisotopic (exact) mass is 426 g/mol. The maximum absolute atomic E-state index is 12.5. The van der Waals surface area contributed by atoms with E-state index in [0.29, 0.717) is 11.2 Å². The van der Waals surface area contributed by atoms with Crippen LogP contribution in [0.4, 0.5) is 23.1 Å². The molecule has 1 aromatic carbocycles. The van der Waals surface area contributed by atoms with Gasteiger partial charge in [-0.3, -0.25) is 5.32 Å². The number of aromatic nitrogens is 1. The van der Waals surface area contributed by atoms with Gasteiger partial charge in [-0.2, -0.15) is 21.6 Å². The van der Waals surface area contributed by atoms with Crippen molar-refractivity contribution >= 4 is 49.0 Å². The summed E-state index contributed by atoms with van der Waals surface area (Å²) in [5.41, 5.74) is -5.31. The molecule has 0 aliphatic rings. The summed E-state index contributed by atoms with van der Waals surface area (Å²) in [7, 11) is -4.61. The summed E-state index contributed by atoms with van der Waals surface area (Å²) >= 11 is 1.00. The van der Waals surface area contributed by atoms with Crippen molar-refractivity contribution < 1.29 is 35.4 Å². The molecule has 1 aromatic heterocycles. The van der Waals surface area contributed by atoms with Crippen molar-refractivity contribution in [2.75, 3.05) is 19.0 Å². The lowest BCUT2D eigenvalue weighted by atomic mass is 10.2. The number of alkyl halides is 3. The van der Waals surface area contributed by atoms with Gasteiger partial charge in [-0.25, -0.2) is 9.78 Å². The molecule has 148 valence electrons. The Bertz CT molecular complexity index is 972. The molecule has 0 atom stereocenters. The Morgan fingerprint density at radius 1 is 1.41 bits per heavy atom. The predicted octanol–water partition coefficient (Wildman–Crippen LogP) is 2.65. The van der Waals surface area contributed by atoms with Crippen molar-refractivity contribution in [2.24, 2.45) is 5.16 Å². The molecular weight excluding hydrogens is 413 g/mol. The van der Waals surface area contributed by atoms with Crippen LogP contribution in [-0.4, -0.2) is 44.8 Å². The van der Waals surface area contributed by atoms with Gasteiger partial charge in [0.25, 0.3) is 0 Å². The van der Waals surface area contributed by atoms with Gasteiger partial charge in [0, 0.05) is 18.2 Å². The molecule has 27 heavy (non-hydrogen) atoms. The Morgan fingerprint density at radius 2 is 2.11 bits per heavy atom. The van der Waals surface area contributed by atoms with E-state index in [1.54, 1.807) is 6.92 Å². The standard InChI is InChI=1S/C13H13F3N4O5S2/c1-3-17-11(21)20-12-19-9-5-8(25-27(22,23)13(14,15)16)4-7(6-18-24-2)10(9)26-12/h4-6H,3H2,1-2H3,(H2,17,19,20,21)/b18-6+. The highest BCUT2D eigenvalue weighted by Gasteiger charge is 2.48. The Labute approximate surface area is 155 Å². The lowest BCUT2D eigenvalue weighted by Gasteiger charge is -2.09. The van der Waals surface area contributed by atoms with Crippen molar-refractivity contribution in [1.29, 1.82) is 0 Å². The number of amides is 2. The number of thiazole rings is 1. The van der Waals surface area contributed by atoms with Gasteiger partial charge in [0.05, 0.1) is 16.4 Å². The van der Waals surface area contributed by atoms with Gasteiger partial charge in [0.1, 0.15) is 12.9 Å².